The molecule has 0 bridgehead atoms. The lowest BCUT2D eigenvalue weighted by molar-refractivity contribution is -0.385. The summed E-state index contributed by atoms with van der Waals surface area (Å²) in [4.78, 5) is 23.2. The lowest BCUT2D eigenvalue weighted by Gasteiger charge is -2.07. The number of ether oxygens (including phenoxy) is 2. The summed E-state index contributed by atoms with van der Waals surface area (Å²) in [6.45, 7) is 1.99. The Morgan fingerprint density at radius 1 is 1.25 bits per heavy atom. The fourth-order valence-corrected chi connectivity index (χ4v) is 2.96. The molecule has 9 heteroatoms. The van der Waals surface area contributed by atoms with Gasteiger partial charge in [0.25, 0.3) is 0 Å². The maximum atomic E-state index is 12.6. The van der Waals surface area contributed by atoms with E-state index in [0.717, 1.165) is 5.56 Å². The number of nitro benzene ring substituents is 1. The normalized spacial score (nSPS) is 10.5. The van der Waals surface area contributed by atoms with Crippen LogP contribution < -0.4 is 9.47 Å². The standard InChI is InChI=1S/C19H16ClN3O5/c1-12-17(18(20)22(21-12)11-13-6-4-3-5-7-13)19(24)28-16-9-8-14(27-2)10-15(16)23(25)26/h3-10H,11H2,1-2H3. The Hall–Kier alpha value is -3.39. The average molecular weight is 402 g/mol. The number of halogens is 1. The summed E-state index contributed by atoms with van der Waals surface area (Å²) in [5.74, 6) is -0.756. The summed E-state index contributed by atoms with van der Waals surface area (Å²) in [5, 5.41) is 15.6. The van der Waals surface area contributed by atoms with Gasteiger partial charge in [-0.2, -0.15) is 5.10 Å². The van der Waals surface area contributed by atoms with Crippen molar-refractivity contribution in [2.45, 2.75) is 13.5 Å². The van der Waals surface area contributed by atoms with E-state index in [1.54, 1.807) is 6.92 Å². The maximum absolute atomic E-state index is 12.6. The molecule has 3 aromatic rings. The third-order valence-electron chi connectivity index (χ3n) is 4.01. The lowest BCUT2D eigenvalue weighted by Crippen LogP contribution is -2.11. The van der Waals surface area contributed by atoms with Gasteiger partial charge < -0.3 is 9.47 Å². The first-order valence-corrected chi connectivity index (χ1v) is 8.60. The van der Waals surface area contributed by atoms with Crippen molar-refractivity contribution in [1.82, 2.24) is 9.78 Å². The highest BCUT2D eigenvalue weighted by molar-refractivity contribution is 6.32. The molecule has 0 fully saturated rings. The van der Waals surface area contributed by atoms with Crippen LogP contribution in [-0.2, 0) is 6.54 Å². The second kappa shape index (κ2) is 8.10. The minimum absolute atomic E-state index is 0.0581. The molecule has 2 aromatic carbocycles. The Labute approximate surface area is 165 Å². The van der Waals surface area contributed by atoms with Crippen molar-refractivity contribution < 1.29 is 19.2 Å². The first kappa shape index (κ1) is 19.4. The zero-order valence-corrected chi connectivity index (χ0v) is 15.8. The fourth-order valence-electron chi connectivity index (χ4n) is 2.65. The molecule has 8 nitrogen and oxygen atoms in total. The van der Waals surface area contributed by atoms with Gasteiger partial charge in [0.05, 0.1) is 30.3 Å². The van der Waals surface area contributed by atoms with Crippen LogP contribution in [0.4, 0.5) is 5.69 Å². The summed E-state index contributed by atoms with van der Waals surface area (Å²) in [5.41, 5.74) is 0.987. The molecule has 0 radical (unpaired) electrons. The number of aryl methyl sites for hydroxylation is 1. The number of carbonyl (C=O) groups excluding carboxylic acids is 1. The number of aromatic nitrogens is 2. The fraction of sp³-hybridized carbons (Fsp3) is 0.158. The van der Waals surface area contributed by atoms with Crippen LogP contribution in [0.15, 0.2) is 48.5 Å². The number of rotatable bonds is 6. The minimum atomic E-state index is -0.824. The van der Waals surface area contributed by atoms with Crippen LogP contribution in [0.25, 0.3) is 0 Å². The quantitative estimate of drug-likeness (QED) is 0.268. The van der Waals surface area contributed by atoms with Gasteiger partial charge in [-0.3, -0.25) is 10.1 Å². The molecule has 0 saturated carbocycles. The number of carbonyl (C=O) groups is 1. The summed E-state index contributed by atoms with van der Waals surface area (Å²) in [6.07, 6.45) is 0. The van der Waals surface area contributed by atoms with Crippen molar-refractivity contribution in [2.24, 2.45) is 0 Å². The second-order valence-electron chi connectivity index (χ2n) is 5.87. The highest BCUT2D eigenvalue weighted by Crippen LogP contribution is 2.32. The summed E-state index contributed by atoms with van der Waals surface area (Å²) in [6, 6.07) is 13.4. The molecular formula is C19H16ClN3O5. The lowest BCUT2D eigenvalue weighted by atomic mass is 10.2. The van der Waals surface area contributed by atoms with Gasteiger partial charge in [-0.25, -0.2) is 9.48 Å². The van der Waals surface area contributed by atoms with Gasteiger partial charge in [-0.1, -0.05) is 41.9 Å². The van der Waals surface area contributed by atoms with E-state index in [2.05, 4.69) is 5.10 Å². The predicted molar refractivity (Wildman–Crippen MR) is 102 cm³/mol. The van der Waals surface area contributed by atoms with Gasteiger partial charge in [0.2, 0.25) is 5.75 Å². The van der Waals surface area contributed by atoms with E-state index in [1.807, 2.05) is 30.3 Å². The van der Waals surface area contributed by atoms with Crippen molar-refractivity contribution in [1.29, 1.82) is 0 Å². The molecule has 0 aliphatic rings. The monoisotopic (exact) mass is 401 g/mol. The predicted octanol–water partition coefficient (Wildman–Crippen LogP) is 4.03. The molecule has 3 rings (SSSR count). The van der Waals surface area contributed by atoms with Crippen LogP contribution in [-0.4, -0.2) is 27.8 Å². The Kier molecular flexibility index (Phi) is 5.60. The van der Waals surface area contributed by atoms with Gasteiger partial charge in [0.1, 0.15) is 16.5 Å². The van der Waals surface area contributed by atoms with E-state index < -0.39 is 16.6 Å². The summed E-state index contributed by atoms with van der Waals surface area (Å²) < 4.78 is 11.7. The smallest absolute Gasteiger partial charge is 0.348 e. The third-order valence-corrected chi connectivity index (χ3v) is 4.39. The zero-order valence-electron chi connectivity index (χ0n) is 15.1. The number of hydrogen-bond acceptors (Lipinski definition) is 6. The number of benzene rings is 2. The summed E-state index contributed by atoms with van der Waals surface area (Å²) in [7, 11) is 1.38. The molecule has 0 amide bonds. The van der Waals surface area contributed by atoms with E-state index in [-0.39, 0.29) is 22.2 Å². The van der Waals surface area contributed by atoms with E-state index in [1.165, 1.54) is 30.0 Å². The van der Waals surface area contributed by atoms with E-state index >= 15 is 0 Å². The van der Waals surface area contributed by atoms with Crippen LogP contribution in [0.2, 0.25) is 5.15 Å². The van der Waals surface area contributed by atoms with E-state index in [9.17, 15) is 14.9 Å². The molecule has 0 N–H and O–H groups in total. The molecule has 0 unspecified atom stereocenters. The Balaban J connectivity index is 1.89. The van der Waals surface area contributed by atoms with Gasteiger partial charge in [0, 0.05) is 0 Å². The second-order valence-corrected chi connectivity index (χ2v) is 6.23. The zero-order chi connectivity index (χ0) is 20.3. The van der Waals surface area contributed by atoms with Crippen molar-refractivity contribution in [3.8, 4) is 11.5 Å². The first-order chi connectivity index (χ1) is 13.4. The Morgan fingerprint density at radius 3 is 2.61 bits per heavy atom. The molecule has 1 aromatic heterocycles. The van der Waals surface area contributed by atoms with Crippen molar-refractivity contribution in [3.63, 3.8) is 0 Å². The topological polar surface area (TPSA) is 96.5 Å². The van der Waals surface area contributed by atoms with Crippen molar-refractivity contribution in [3.05, 3.63) is 80.6 Å². The van der Waals surface area contributed by atoms with Crippen LogP contribution in [0.5, 0.6) is 11.5 Å². The molecule has 28 heavy (non-hydrogen) atoms. The van der Waals surface area contributed by atoms with E-state index in [0.29, 0.717) is 12.2 Å². The van der Waals surface area contributed by atoms with Crippen molar-refractivity contribution >= 4 is 23.3 Å². The number of esters is 1. The number of nitrogens with zero attached hydrogens (tertiary/aromatic N) is 3. The van der Waals surface area contributed by atoms with Gasteiger partial charge >= 0.3 is 11.7 Å². The summed E-state index contributed by atoms with van der Waals surface area (Å²) >= 11 is 6.34. The van der Waals surface area contributed by atoms with Gasteiger partial charge in [-0.15, -0.1) is 0 Å². The highest BCUT2D eigenvalue weighted by Gasteiger charge is 2.26. The maximum Gasteiger partial charge on any atom is 0.348 e. The van der Waals surface area contributed by atoms with Crippen LogP contribution >= 0.6 is 11.6 Å². The molecule has 0 saturated heterocycles. The average Bonchev–Trinajstić information content (AvgIpc) is 2.96. The number of methoxy groups -OCH3 is 1. The van der Waals surface area contributed by atoms with E-state index in [4.69, 9.17) is 21.1 Å². The molecule has 0 atom stereocenters. The van der Waals surface area contributed by atoms with Crippen LogP contribution in [0.3, 0.4) is 0 Å². The first-order valence-electron chi connectivity index (χ1n) is 8.22. The molecule has 0 spiro atoms. The highest BCUT2D eigenvalue weighted by atomic mass is 35.5. The molecule has 144 valence electrons. The van der Waals surface area contributed by atoms with Crippen molar-refractivity contribution in [2.75, 3.05) is 7.11 Å². The number of hydrogen-bond donors (Lipinski definition) is 0. The Bertz CT molecular complexity index is 1030. The third kappa shape index (κ3) is 3.96. The molecule has 0 aliphatic carbocycles. The van der Waals surface area contributed by atoms with Gasteiger partial charge in [-0.05, 0) is 24.6 Å². The van der Waals surface area contributed by atoms with Crippen LogP contribution in [0, 0.1) is 17.0 Å². The Morgan fingerprint density at radius 2 is 1.96 bits per heavy atom. The largest absolute Gasteiger partial charge is 0.496 e. The molecule has 0 aliphatic heterocycles. The molecular weight excluding hydrogens is 386 g/mol. The van der Waals surface area contributed by atoms with Gasteiger partial charge in [0.15, 0.2) is 0 Å². The number of nitro groups is 1. The molecule has 1 heterocycles. The van der Waals surface area contributed by atoms with Crippen LogP contribution in [0.1, 0.15) is 21.6 Å². The SMILES string of the molecule is COc1ccc(OC(=O)c2c(C)nn(Cc3ccccc3)c2Cl)c([N+](=O)[O-])c1. The minimum Gasteiger partial charge on any atom is -0.496 e.